The first kappa shape index (κ1) is 13.4. The largest absolute Gasteiger partial charge is 1.00 e. The molecule has 1 heterocycles. The summed E-state index contributed by atoms with van der Waals surface area (Å²) in [6.07, 6.45) is 12.7. The van der Waals surface area contributed by atoms with Crippen LogP contribution < -0.4 is 17.0 Å². The van der Waals surface area contributed by atoms with E-state index in [1.807, 2.05) is 7.11 Å². The van der Waals surface area contributed by atoms with Crippen molar-refractivity contribution in [3.05, 3.63) is 0 Å². The molecule has 94 valence electrons. The summed E-state index contributed by atoms with van der Waals surface area (Å²) >= 11 is -0.226. The van der Waals surface area contributed by atoms with Crippen LogP contribution in [-0.2, 0) is 4.74 Å². The topological polar surface area (TPSA) is 9.23 Å². The first-order valence-corrected chi connectivity index (χ1v) is 9.62. The zero-order chi connectivity index (χ0) is 10.3. The van der Waals surface area contributed by atoms with Gasteiger partial charge in [0.15, 0.2) is 0 Å². The average molecular weight is 354 g/mol. The van der Waals surface area contributed by atoms with Gasteiger partial charge in [-0.25, -0.2) is 0 Å². The maximum Gasteiger partial charge on any atom is -1.00 e. The summed E-state index contributed by atoms with van der Waals surface area (Å²) in [5.41, 5.74) is 0. The van der Waals surface area contributed by atoms with Crippen molar-refractivity contribution in [3.8, 4) is 0 Å². The fourth-order valence-corrected chi connectivity index (χ4v) is 12.3. The van der Waals surface area contributed by atoms with E-state index in [0.717, 1.165) is 4.82 Å². The predicted molar refractivity (Wildman–Crippen MR) is 64.7 cm³/mol. The van der Waals surface area contributed by atoms with Crippen LogP contribution in [0.2, 0.25) is 14.4 Å². The van der Waals surface area contributed by atoms with Crippen LogP contribution in [0.15, 0.2) is 0 Å². The molecule has 3 rings (SSSR count). The van der Waals surface area contributed by atoms with E-state index in [0.29, 0.717) is 6.10 Å². The molecule has 0 spiro atoms. The maximum atomic E-state index is 5.74. The molecule has 0 aromatic rings. The molecule has 4 atom stereocenters. The summed E-state index contributed by atoms with van der Waals surface area (Å²) in [7, 11) is 1.95. The van der Waals surface area contributed by atoms with Crippen LogP contribution in [0.5, 0.6) is 0 Å². The smallest absolute Gasteiger partial charge is 1.00 e. The van der Waals surface area contributed by atoms with Crippen molar-refractivity contribution in [2.45, 2.75) is 71.9 Å². The van der Waals surface area contributed by atoms with E-state index in [-0.39, 0.29) is 30.9 Å². The minimum Gasteiger partial charge on any atom is -1.00 e. The van der Waals surface area contributed by atoms with Gasteiger partial charge >= 0.3 is 97.7 Å². The molecule has 1 aliphatic heterocycles. The van der Waals surface area contributed by atoms with Crippen LogP contribution >= 0.6 is 0 Å². The van der Waals surface area contributed by atoms with Gasteiger partial charge in [0.25, 0.3) is 0 Å². The Morgan fingerprint density at radius 1 is 0.812 bits per heavy atom. The molecule has 3 aliphatic rings. The van der Waals surface area contributed by atoms with Gasteiger partial charge in [0.2, 0.25) is 0 Å². The Kier molecular flexibility index (Phi) is 4.80. The molecule has 1 nitrogen and oxygen atoms in total. The van der Waals surface area contributed by atoms with Crippen molar-refractivity contribution in [2.75, 3.05) is 7.11 Å². The van der Waals surface area contributed by atoms with Gasteiger partial charge in [0, 0.05) is 0 Å². The van der Waals surface area contributed by atoms with Crippen LogP contribution in [0.1, 0.15) is 51.4 Å². The first-order valence-electron chi connectivity index (χ1n) is 6.65. The molecule has 16 heavy (non-hydrogen) atoms. The summed E-state index contributed by atoms with van der Waals surface area (Å²) in [6, 6.07) is 0. The maximum absolute atomic E-state index is 5.74. The van der Waals surface area contributed by atoms with Gasteiger partial charge in [0.05, 0.1) is 0 Å². The second kappa shape index (κ2) is 5.73. The molecule has 0 N–H and O–H groups in total. The molecule has 0 amide bonds. The molecule has 0 bridgehead atoms. The molecule has 0 aromatic heterocycles. The molecule has 0 radical (unpaired) electrons. The molecule has 3 heteroatoms. The summed E-state index contributed by atoms with van der Waals surface area (Å²) in [6.45, 7) is 0. The number of hydrogen-bond acceptors (Lipinski definition) is 1. The van der Waals surface area contributed by atoms with Gasteiger partial charge in [-0.1, -0.05) is 0 Å². The Morgan fingerprint density at radius 2 is 1.31 bits per heavy atom. The average Bonchev–Trinajstić information content (AvgIpc) is 3.03. The van der Waals surface area contributed by atoms with Crippen molar-refractivity contribution in [2.24, 2.45) is 0 Å². The molecule has 0 aromatic carbocycles. The van der Waals surface area contributed by atoms with E-state index in [2.05, 4.69) is 0 Å². The fraction of sp³-hybridized carbons (Fsp3) is 1.00. The fourth-order valence-electron chi connectivity index (χ4n) is 3.75. The Hall–Kier alpha value is 0.959. The van der Waals surface area contributed by atoms with E-state index < -0.39 is 0 Å². The summed E-state index contributed by atoms with van der Waals surface area (Å²) in [5, 5.41) is 0. The third-order valence-corrected chi connectivity index (χ3v) is 11.8. The number of halogens is 1. The van der Waals surface area contributed by atoms with Crippen molar-refractivity contribution < 1.29 is 21.7 Å². The van der Waals surface area contributed by atoms with E-state index in [1.165, 1.54) is 48.2 Å². The van der Waals surface area contributed by atoms with Gasteiger partial charge in [-0.3, -0.25) is 0 Å². The zero-order valence-electron chi connectivity index (χ0n) is 10.2. The first-order chi connectivity index (χ1) is 7.42. The molecule has 1 saturated heterocycles. The third-order valence-electron chi connectivity index (χ3n) is 4.56. The quantitative estimate of drug-likeness (QED) is 0.666. The van der Waals surface area contributed by atoms with E-state index in [9.17, 15) is 0 Å². The molecule has 2 unspecified atom stereocenters. The third kappa shape index (κ3) is 2.39. The molecular weight excluding hydrogens is 331 g/mol. The van der Waals surface area contributed by atoms with Gasteiger partial charge in [-0.15, -0.1) is 0 Å². The van der Waals surface area contributed by atoms with Gasteiger partial charge in [-0.05, 0) is 0 Å². The minimum atomic E-state index is -0.226. The van der Waals surface area contributed by atoms with E-state index in [4.69, 9.17) is 4.74 Å². The Morgan fingerprint density at radius 3 is 1.88 bits per heavy atom. The van der Waals surface area contributed by atoms with Gasteiger partial charge in [0.1, 0.15) is 0 Å². The summed E-state index contributed by atoms with van der Waals surface area (Å²) < 4.78 is 5.74. The summed E-state index contributed by atoms with van der Waals surface area (Å²) in [4.78, 5) is 3.52. The molecular formula is C13H23BrOSe. The number of methoxy groups -OCH3 is 1. The van der Waals surface area contributed by atoms with Crippen molar-refractivity contribution in [1.82, 2.24) is 0 Å². The van der Waals surface area contributed by atoms with Crippen LogP contribution in [0.3, 0.4) is 0 Å². The molecule has 2 saturated carbocycles. The van der Waals surface area contributed by atoms with Crippen LogP contribution in [-0.4, -0.2) is 27.1 Å². The van der Waals surface area contributed by atoms with Crippen molar-refractivity contribution >= 4 is 13.9 Å². The Balaban J connectivity index is 0.000000963. The second-order valence-corrected chi connectivity index (χ2v) is 10.9. The minimum absolute atomic E-state index is 0. The number of ether oxygens (including phenoxy) is 1. The standard InChI is InChI=1S/C13H23OSe.BrH/c1-14-10-6-2-3-7-11(10)15-12-8-4-5-9-13(12)15;/h10-13H,2-9H2,1H3;1H/q+1;/p-1/t10-,11-,12?,13?,15?;/m1./s1. The SMILES string of the molecule is CO[C@@H]1CCCC[C@H]1[Se+]1C2CCCCC21.[Br-]. The summed E-state index contributed by atoms with van der Waals surface area (Å²) in [5.74, 6) is 0. The predicted octanol–water partition coefficient (Wildman–Crippen LogP) is 0.772. The monoisotopic (exact) mass is 354 g/mol. The second-order valence-electron chi connectivity index (χ2n) is 5.37. The van der Waals surface area contributed by atoms with Crippen LogP contribution in [0.25, 0.3) is 0 Å². The van der Waals surface area contributed by atoms with Gasteiger partial charge < -0.3 is 17.0 Å². The molecule has 3 fully saturated rings. The van der Waals surface area contributed by atoms with Crippen LogP contribution in [0.4, 0.5) is 0 Å². The van der Waals surface area contributed by atoms with E-state index >= 15 is 0 Å². The van der Waals surface area contributed by atoms with Crippen LogP contribution in [0, 0.1) is 0 Å². The zero-order valence-corrected chi connectivity index (χ0v) is 13.5. The Bertz CT molecular complexity index is 224. The normalized spacial score (nSPS) is 46.7. The van der Waals surface area contributed by atoms with Crippen molar-refractivity contribution in [1.29, 1.82) is 0 Å². The molecule has 2 aliphatic carbocycles. The van der Waals surface area contributed by atoms with Gasteiger partial charge in [-0.2, -0.15) is 0 Å². The Labute approximate surface area is 114 Å². The number of hydrogen-bond donors (Lipinski definition) is 0. The number of rotatable bonds is 2. The van der Waals surface area contributed by atoms with Crippen molar-refractivity contribution in [3.63, 3.8) is 0 Å². The van der Waals surface area contributed by atoms with E-state index in [1.54, 1.807) is 12.8 Å². The number of fused-ring (bicyclic) bond motifs is 1.